The lowest BCUT2D eigenvalue weighted by Crippen LogP contribution is -2.41. The Labute approximate surface area is 163 Å². The second kappa shape index (κ2) is 9.34. The molecule has 0 bridgehead atoms. The van der Waals surface area contributed by atoms with Gasteiger partial charge in [0.15, 0.2) is 0 Å². The molecule has 0 aliphatic carbocycles. The molecule has 0 amide bonds. The summed E-state index contributed by atoms with van der Waals surface area (Å²) in [6.45, 7) is 6.71. The van der Waals surface area contributed by atoms with E-state index in [1.54, 1.807) is 0 Å². The summed E-state index contributed by atoms with van der Waals surface area (Å²) in [5, 5.41) is 3.78. The first kappa shape index (κ1) is 18.5. The van der Waals surface area contributed by atoms with Crippen molar-refractivity contribution in [3.63, 3.8) is 0 Å². The summed E-state index contributed by atoms with van der Waals surface area (Å²) in [4.78, 5) is 9.62. The zero-order valence-electron chi connectivity index (χ0n) is 16.3. The third kappa shape index (κ3) is 5.30. The Hall–Kier alpha value is -1.91. The van der Waals surface area contributed by atoms with E-state index in [4.69, 9.17) is 0 Å². The highest BCUT2D eigenvalue weighted by Crippen LogP contribution is 2.19. The largest absolute Gasteiger partial charge is 0.357 e. The summed E-state index contributed by atoms with van der Waals surface area (Å²) in [7, 11) is 0. The summed E-state index contributed by atoms with van der Waals surface area (Å²) in [5.74, 6) is 1.16. The molecule has 1 N–H and O–H groups in total. The maximum atomic E-state index is 4.60. The maximum absolute atomic E-state index is 4.60. The normalized spacial score (nSPS) is 19.3. The number of rotatable bonds is 6. The molecule has 0 radical (unpaired) electrons. The molecule has 2 fully saturated rings. The summed E-state index contributed by atoms with van der Waals surface area (Å²) in [6.07, 6.45) is 8.40. The van der Waals surface area contributed by atoms with Gasteiger partial charge in [-0.3, -0.25) is 4.90 Å². The topological polar surface area (TPSA) is 31.4 Å². The molecule has 0 unspecified atom stereocenters. The average molecular weight is 365 g/mol. The van der Waals surface area contributed by atoms with Gasteiger partial charge in [0.2, 0.25) is 0 Å². The molecular formula is C23H32N4. The maximum Gasteiger partial charge on any atom is 0.128 e. The Morgan fingerprint density at radius 2 is 1.67 bits per heavy atom. The zero-order chi connectivity index (χ0) is 18.3. The van der Waals surface area contributed by atoms with E-state index in [-0.39, 0.29) is 0 Å². The Kier molecular flexibility index (Phi) is 6.38. The van der Waals surface area contributed by atoms with Gasteiger partial charge in [0.05, 0.1) is 0 Å². The molecule has 1 aromatic heterocycles. The fourth-order valence-corrected chi connectivity index (χ4v) is 4.27. The molecule has 4 rings (SSSR count). The van der Waals surface area contributed by atoms with Gasteiger partial charge in [0.1, 0.15) is 5.82 Å². The summed E-state index contributed by atoms with van der Waals surface area (Å²) in [5.41, 5.74) is 2.78. The Morgan fingerprint density at radius 1 is 0.889 bits per heavy atom. The summed E-state index contributed by atoms with van der Waals surface area (Å²) >= 11 is 0. The Bertz CT molecular complexity index is 689. The molecular weight excluding hydrogens is 332 g/mol. The molecule has 4 nitrogen and oxygen atoms in total. The van der Waals surface area contributed by atoms with Crippen LogP contribution in [0.4, 0.5) is 5.82 Å². The third-order valence-electron chi connectivity index (χ3n) is 5.92. The number of pyridine rings is 1. The molecule has 2 aliphatic heterocycles. The molecule has 0 saturated carbocycles. The number of nitrogens with zero attached hydrogens (tertiary/aromatic N) is 3. The van der Waals surface area contributed by atoms with Crippen molar-refractivity contribution in [3.05, 3.63) is 59.8 Å². The van der Waals surface area contributed by atoms with Crippen LogP contribution in [-0.2, 0) is 13.1 Å². The van der Waals surface area contributed by atoms with Crippen LogP contribution < -0.4 is 10.2 Å². The first-order chi connectivity index (χ1) is 13.4. The number of aromatic nitrogens is 1. The van der Waals surface area contributed by atoms with Gasteiger partial charge in [-0.05, 0) is 68.5 Å². The van der Waals surface area contributed by atoms with Crippen molar-refractivity contribution in [2.75, 3.05) is 31.1 Å². The van der Waals surface area contributed by atoms with Crippen LogP contribution in [0.25, 0.3) is 0 Å². The molecule has 3 heterocycles. The molecule has 144 valence electrons. The SMILES string of the molecule is c1ccc(CN2CCC(NCc3ccnc(N4CCCCC4)c3)CC2)cc1. The highest BCUT2D eigenvalue weighted by molar-refractivity contribution is 5.41. The van der Waals surface area contributed by atoms with E-state index in [1.165, 1.54) is 56.3 Å². The number of piperidine rings is 2. The first-order valence-corrected chi connectivity index (χ1v) is 10.6. The Balaban J connectivity index is 1.23. The third-order valence-corrected chi connectivity index (χ3v) is 5.92. The first-order valence-electron chi connectivity index (χ1n) is 10.6. The van der Waals surface area contributed by atoms with Crippen molar-refractivity contribution < 1.29 is 0 Å². The van der Waals surface area contributed by atoms with Gasteiger partial charge >= 0.3 is 0 Å². The van der Waals surface area contributed by atoms with E-state index in [0.29, 0.717) is 6.04 Å². The fraction of sp³-hybridized carbons (Fsp3) is 0.522. The number of likely N-dealkylation sites (tertiary alicyclic amines) is 1. The van der Waals surface area contributed by atoms with Crippen LogP contribution in [-0.4, -0.2) is 42.1 Å². The van der Waals surface area contributed by atoms with Crippen molar-refractivity contribution >= 4 is 5.82 Å². The van der Waals surface area contributed by atoms with E-state index in [1.807, 2.05) is 6.20 Å². The molecule has 0 atom stereocenters. The van der Waals surface area contributed by atoms with Crippen LogP contribution in [0.15, 0.2) is 48.7 Å². The fourth-order valence-electron chi connectivity index (χ4n) is 4.27. The minimum Gasteiger partial charge on any atom is -0.357 e. The van der Waals surface area contributed by atoms with Gasteiger partial charge in [0, 0.05) is 38.4 Å². The highest BCUT2D eigenvalue weighted by atomic mass is 15.2. The van der Waals surface area contributed by atoms with E-state index < -0.39 is 0 Å². The van der Waals surface area contributed by atoms with E-state index in [0.717, 1.165) is 32.0 Å². The zero-order valence-corrected chi connectivity index (χ0v) is 16.3. The van der Waals surface area contributed by atoms with Crippen molar-refractivity contribution in [2.24, 2.45) is 0 Å². The van der Waals surface area contributed by atoms with Crippen LogP contribution in [0.3, 0.4) is 0 Å². The van der Waals surface area contributed by atoms with Gasteiger partial charge in [-0.2, -0.15) is 0 Å². The Morgan fingerprint density at radius 3 is 2.44 bits per heavy atom. The van der Waals surface area contributed by atoms with Crippen molar-refractivity contribution in [1.82, 2.24) is 15.2 Å². The monoisotopic (exact) mass is 364 g/mol. The van der Waals surface area contributed by atoms with Gasteiger partial charge in [0.25, 0.3) is 0 Å². The van der Waals surface area contributed by atoms with Crippen molar-refractivity contribution in [2.45, 2.75) is 51.2 Å². The van der Waals surface area contributed by atoms with Crippen LogP contribution in [0, 0.1) is 0 Å². The molecule has 2 aliphatic rings. The van der Waals surface area contributed by atoms with Gasteiger partial charge in [-0.25, -0.2) is 4.98 Å². The van der Waals surface area contributed by atoms with Crippen LogP contribution in [0.5, 0.6) is 0 Å². The lowest BCUT2D eigenvalue weighted by Gasteiger charge is -2.32. The number of benzene rings is 1. The van der Waals surface area contributed by atoms with Gasteiger partial charge in [-0.15, -0.1) is 0 Å². The molecule has 1 aromatic carbocycles. The lowest BCUT2D eigenvalue weighted by molar-refractivity contribution is 0.190. The second-order valence-electron chi connectivity index (χ2n) is 7.99. The predicted octanol–water partition coefficient (Wildman–Crippen LogP) is 3.83. The van der Waals surface area contributed by atoms with E-state index in [9.17, 15) is 0 Å². The predicted molar refractivity (Wildman–Crippen MR) is 112 cm³/mol. The van der Waals surface area contributed by atoms with Crippen molar-refractivity contribution in [1.29, 1.82) is 0 Å². The number of hydrogen-bond acceptors (Lipinski definition) is 4. The van der Waals surface area contributed by atoms with Gasteiger partial charge in [-0.1, -0.05) is 30.3 Å². The number of nitrogens with one attached hydrogen (secondary N) is 1. The standard InChI is InChI=1S/C23H32N4/c1-3-7-20(8-4-1)19-26-15-10-22(11-16-26)25-18-21-9-12-24-23(17-21)27-13-5-2-6-14-27/h1,3-4,7-9,12,17,22,25H,2,5-6,10-11,13-16,18-19H2. The highest BCUT2D eigenvalue weighted by Gasteiger charge is 2.19. The molecule has 2 saturated heterocycles. The lowest BCUT2D eigenvalue weighted by atomic mass is 10.0. The van der Waals surface area contributed by atoms with Crippen LogP contribution in [0.2, 0.25) is 0 Å². The summed E-state index contributed by atoms with van der Waals surface area (Å²) in [6, 6.07) is 15.9. The van der Waals surface area contributed by atoms with Crippen molar-refractivity contribution in [3.8, 4) is 0 Å². The van der Waals surface area contributed by atoms with Gasteiger partial charge < -0.3 is 10.2 Å². The minimum atomic E-state index is 0.628. The molecule has 2 aromatic rings. The minimum absolute atomic E-state index is 0.628. The molecule has 4 heteroatoms. The molecule has 0 spiro atoms. The quantitative estimate of drug-likeness (QED) is 0.844. The number of anilines is 1. The number of hydrogen-bond donors (Lipinski definition) is 1. The van der Waals surface area contributed by atoms with Crippen LogP contribution in [0.1, 0.15) is 43.2 Å². The van der Waals surface area contributed by atoms with Crippen LogP contribution >= 0.6 is 0 Å². The second-order valence-corrected chi connectivity index (χ2v) is 7.99. The summed E-state index contributed by atoms with van der Waals surface area (Å²) < 4.78 is 0. The average Bonchev–Trinajstić information content (AvgIpc) is 2.75. The smallest absolute Gasteiger partial charge is 0.128 e. The molecule has 27 heavy (non-hydrogen) atoms. The van der Waals surface area contributed by atoms with E-state index >= 15 is 0 Å². The van der Waals surface area contributed by atoms with E-state index in [2.05, 4.69) is 62.6 Å².